The zero-order valence-corrected chi connectivity index (χ0v) is 12.7. The van der Waals surface area contributed by atoms with Crippen molar-refractivity contribution in [1.82, 2.24) is 0 Å². The molecular formula is C20H20BP. The van der Waals surface area contributed by atoms with Crippen LogP contribution in [0.3, 0.4) is 0 Å². The van der Waals surface area contributed by atoms with E-state index < -0.39 is 7.92 Å². The summed E-state index contributed by atoms with van der Waals surface area (Å²) in [6.07, 6.45) is 2.23. The Kier molecular flexibility index (Phi) is 6.19. The van der Waals surface area contributed by atoms with Crippen molar-refractivity contribution in [3.8, 4) is 0 Å². The summed E-state index contributed by atoms with van der Waals surface area (Å²) in [4.78, 5) is 0. The summed E-state index contributed by atoms with van der Waals surface area (Å²) in [5, 5.41) is 2.76. The van der Waals surface area contributed by atoms with Crippen LogP contribution < -0.4 is 10.6 Å². The van der Waals surface area contributed by atoms with E-state index in [1.165, 1.54) is 16.2 Å². The van der Waals surface area contributed by atoms with Gasteiger partial charge in [-0.15, -0.1) is 0 Å². The van der Waals surface area contributed by atoms with Crippen molar-refractivity contribution in [2.75, 3.05) is 0 Å². The molecule has 0 saturated carbocycles. The molecule has 0 amide bonds. The molecule has 0 radical (unpaired) electrons. The van der Waals surface area contributed by atoms with Crippen molar-refractivity contribution >= 4 is 33.0 Å². The zero-order chi connectivity index (χ0) is 14.3. The summed E-state index contributed by atoms with van der Waals surface area (Å²) in [6.45, 7) is 0. The predicted octanol–water partition coefficient (Wildman–Crippen LogP) is 3.61. The van der Waals surface area contributed by atoms with Crippen molar-refractivity contribution in [1.29, 1.82) is 0 Å². The van der Waals surface area contributed by atoms with E-state index in [9.17, 15) is 0 Å². The Morgan fingerprint density at radius 2 is 0.955 bits per heavy atom. The Balaban J connectivity index is 0.00000176. The molecule has 2 heteroatoms. The van der Waals surface area contributed by atoms with Gasteiger partial charge in [-0.25, -0.2) is 0 Å². The van der Waals surface area contributed by atoms with Crippen LogP contribution in [0.15, 0.2) is 96.8 Å². The summed E-state index contributed by atoms with van der Waals surface area (Å²) in [7, 11) is -0.455. The number of benzene rings is 3. The van der Waals surface area contributed by atoms with E-state index in [1.807, 2.05) is 0 Å². The van der Waals surface area contributed by atoms with Crippen molar-refractivity contribution in [3.05, 3.63) is 102 Å². The molecule has 3 rings (SSSR count). The molecule has 22 heavy (non-hydrogen) atoms. The maximum Gasteiger partial charge on any atom is 0.0814 e. The molecular weight excluding hydrogens is 282 g/mol. The molecule has 0 aliphatic rings. The lowest BCUT2D eigenvalue weighted by molar-refractivity contribution is 1.66. The van der Waals surface area contributed by atoms with Gasteiger partial charge in [0.2, 0.25) is 0 Å². The van der Waals surface area contributed by atoms with Crippen LogP contribution in [0.5, 0.6) is 0 Å². The van der Waals surface area contributed by atoms with Crippen LogP contribution in [0.25, 0.3) is 6.08 Å². The quantitative estimate of drug-likeness (QED) is 0.510. The van der Waals surface area contributed by atoms with Crippen LogP contribution in [0, 0.1) is 0 Å². The predicted molar refractivity (Wildman–Crippen MR) is 104 cm³/mol. The third-order valence-electron chi connectivity index (χ3n) is 3.28. The second-order valence-electron chi connectivity index (χ2n) is 4.77. The minimum atomic E-state index is -0.455. The zero-order valence-electron chi connectivity index (χ0n) is 11.8. The van der Waals surface area contributed by atoms with Gasteiger partial charge in [0.15, 0.2) is 0 Å². The van der Waals surface area contributed by atoms with Gasteiger partial charge < -0.3 is 0 Å². The Bertz CT molecular complexity index is 654. The van der Waals surface area contributed by atoms with E-state index >= 15 is 0 Å². The largest absolute Gasteiger partial charge is 0.0814 e. The Morgan fingerprint density at radius 1 is 0.545 bits per heavy atom. The minimum Gasteiger partial charge on any atom is -0.0622 e. The molecule has 0 aliphatic carbocycles. The van der Waals surface area contributed by atoms with Gasteiger partial charge >= 0.3 is 0 Å². The van der Waals surface area contributed by atoms with Gasteiger partial charge in [0, 0.05) is 0 Å². The minimum absolute atomic E-state index is 0. The van der Waals surface area contributed by atoms with Crippen LogP contribution in [0.2, 0.25) is 0 Å². The maximum atomic E-state index is 2.34. The van der Waals surface area contributed by atoms with E-state index in [2.05, 4.69) is 103 Å². The van der Waals surface area contributed by atoms with E-state index in [0.717, 1.165) is 0 Å². The first-order valence-electron chi connectivity index (χ1n) is 7.06. The highest BCUT2D eigenvalue weighted by Crippen LogP contribution is 2.35. The van der Waals surface area contributed by atoms with E-state index in [1.54, 1.807) is 0 Å². The van der Waals surface area contributed by atoms with Gasteiger partial charge in [-0.05, 0) is 24.1 Å². The van der Waals surface area contributed by atoms with Crippen molar-refractivity contribution in [3.63, 3.8) is 0 Å². The van der Waals surface area contributed by atoms with Crippen LogP contribution in [0.1, 0.15) is 5.56 Å². The van der Waals surface area contributed by atoms with E-state index in [4.69, 9.17) is 0 Å². The van der Waals surface area contributed by atoms with Crippen molar-refractivity contribution < 1.29 is 0 Å². The van der Waals surface area contributed by atoms with Gasteiger partial charge in [-0.2, -0.15) is 0 Å². The number of rotatable bonds is 4. The standard InChI is InChI=1S/C20H17P.BH3/c1-4-10-18(11-5-1)16-17-21(19-12-6-2-7-13-19)20-14-8-3-9-15-20;/h1-17H;1H3. The first-order chi connectivity index (χ1) is 10.4. The van der Waals surface area contributed by atoms with Crippen LogP contribution in [0.4, 0.5) is 0 Å². The van der Waals surface area contributed by atoms with Crippen LogP contribution in [-0.2, 0) is 0 Å². The van der Waals surface area contributed by atoms with Crippen molar-refractivity contribution in [2.45, 2.75) is 0 Å². The number of hydrogen-bond donors (Lipinski definition) is 0. The Hall–Kier alpha value is -2.11. The fraction of sp³-hybridized carbons (Fsp3) is 0. The monoisotopic (exact) mass is 302 g/mol. The van der Waals surface area contributed by atoms with Crippen LogP contribution in [-0.4, -0.2) is 8.41 Å². The highest BCUT2D eigenvalue weighted by Gasteiger charge is 2.09. The van der Waals surface area contributed by atoms with Gasteiger partial charge in [0.25, 0.3) is 0 Å². The average Bonchev–Trinajstić information content (AvgIpc) is 2.58. The molecule has 3 aromatic rings. The summed E-state index contributed by atoms with van der Waals surface area (Å²) >= 11 is 0. The highest BCUT2D eigenvalue weighted by molar-refractivity contribution is 7.75. The maximum absolute atomic E-state index is 2.34. The Morgan fingerprint density at radius 3 is 1.41 bits per heavy atom. The molecule has 0 bridgehead atoms. The highest BCUT2D eigenvalue weighted by atomic mass is 31.1. The molecule has 0 fully saturated rings. The molecule has 0 saturated heterocycles. The Labute approximate surface area is 135 Å². The first kappa shape index (κ1) is 16.3. The normalized spacial score (nSPS) is 10.6. The molecule has 0 spiro atoms. The second kappa shape index (κ2) is 8.36. The first-order valence-corrected chi connectivity index (χ1v) is 8.47. The fourth-order valence-electron chi connectivity index (χ4n) is 2.22. The third kappa shape index (κ3) is 4.19. The lowest BCUT2D eigenvalue weighted by Crippen LogP contribution is -2.09. The molecule has 0 N–H and O–H groups in total. The SMILES string of the molecule is B.C(=CP(c1ccccc1)c1ccccc1)c1ccccc1. The molecule has 3 aromatic carbocycles. The van der Waals surface area contributed by atoms with Crippen molar-refractivity contribution in [2.24, 2.45) is 0 Å². The second-order valence-corrected chi connectivity index (χ2v) is 6.84. The molecule has 0 aliphatic heterocycles. The molecule has 0 heterocycles. The van der Waals surface area contributed by atoms with Crippen LogP contribution >= 0.6 is 7.92 Å². The van der Waals surface area contributed by atoms with Gasteiger partial charge in [-0.3, -0.25) is 0 Å². The topological polar surface area (TPSA) is 0 Å². The molecule has 0 unspecified atom stereocenters. The third-order valence-corrected chi connectivity index (χ3v) is 5.44. The van der Waals surface area contributed by atoms with E-state index in [0.29, 0.717) is 0 Å². The number of hydrogen-bond acceptors (Lipinski definition) is 0. The van der Waals surface area contributed by atoms with Gasteiger partial charge in [0.1, 0.15) is 0 Å². The van der Waals surface area contributed by atoms with E-state index in [-0.39, 0.29) is 8.41 Å². The molecule has 108 valence electrons. The smallest absolute Gasteiger partial charge is 0.0622 e. The molecule has 0 atom stereocenters. The lowest BCUT2D eigenvalue weighted by atomic mass is 10.2. The summed E-state index contributed by atoms with van der Waals surface area (Å²) in [5.74, 6) is 2.34. The van der Waals surface area contributed by atoms with Gasteiger partial charge in [0.05, 0.1) is 8.41 Å². The summed E-state index contributed by atoms with van der Waals surface area (Å²) in [6, 6.07) is 32.0. The molecule has 0 nitrogen and oxygen atoms in total. The lowest BCUT2D eigenvalue weighted by Gasteiger charge is -2.14. The molecule has 0 aromatic heterocycles. The van der Waals surface area contributed by atoms with Gasteiger partial charge in [-0.1, -0.05) is 103 Å². The summed E-state index contributed by atoms with van der Waals surface area (Å²) < 4.78 is 0. The summed E-state index contributed by atoms with van der Waals surface area (Å²) in [5.41, 5.74) is 1.25. The average molecular weight is 302 g/mol. The fourth-order valence-corrected chi connectivity index (χ4v) is 4.17.